The lowest BCUT2D eigenvalue weighted by Crippen LogP contribution is -2.32. The maximum absolute atomic E-state index is 4.87. The highest BCUT2D eigenvalue weighted by Gasteiger charge is 2.47. The normalized spacial score (nSPS) is 11.8. The van der Waals surface area contributed by atoms with E-state index in [1.807, 2.05) is 12.3 Å². The van der Waals surface area contributed by atoms with Crippen LogP contribution in [0.15, 0.2) is 134 Å². The third-order valence-corrected chi connectivity index (χ3v) is 10.7. The number of pyridine rings is 1. The summed E-state index contributed by atoms with van der Waals surface area (Å²) in [4.78, 5) is 4.87. The third kappa shape index (κ3) is 4.49. The van der Waals surface area contributed by atoms with Crippen molar-refractivity contribution in [1.29, 1.82) is 0 Å². The molecule has 0 saturated carbocycles. The predicted molar refractivity (Wildman–Crippen MR) is 156 cm³/mol. The second kappa shape index (κ2) is 10.7. The topological polar surface area (TPSA) is 24.9 Å². The lowest BCUT2D eigenvalue weighted by molar-refractivity contribution is 1.28. The monoisotopic (exact) mass is 484 g/mol. The zero-order valence-corrected chi connectivity index (χ0v) is 21.5. The summed E-state index contributed by atoms with van der Waals surface area (Å²) in [6.07, 6.45) is 5.59. The van der Waals surface area contributed by atoms with Crippen molar-refractivity contribution in [1.82, 2.24) is 4.98 Å². The summed E-state index contributed by atoms with van der Waals surface area (Å²) in [5.74, 6) is 0. The van der Waals surface area contributed by atoms with E-state index in [0.717, 1.165) is 16.7 Å². The molecular formula is C33H29N2P. The van der Waals surface area contributed by atoms with Crippen LogP contribution in [0.5, 0.6) is 0 Å². The largest absolute Gasteiger partial charge is 0.464 e. The van der Waals surface area contributed by atoms with Crippen LogP contribution in [0.25, 0.3) is 5.31 Å². The fraction of sp³-hybridized carbons (Fsp3) is 0.0606. The molecule has 0 aliphatic carbocycles. The fourth-order valence-electron chi connectivity index (χ4n) is 4.75. The van der Waals surface area contributed by atoms with Gasteiger partial charge in [-0.2, -0.15) is 0 Å². The minimum atomic E-state index is -2.37. The molecule has 0 radical (unpaired) electrons. The van der Waals surface area contributed by atoms with Crippen LogP contribution < -0.4 is 21.2 Å². The number of hydrogen-bond donors (Lipinski definition) is 1. The Morgan fingerprint density at radius 2 is 1.06 bits per heavy atom. The Bertz CT molecular complexity index is 1330. The number of benzene rings is 4. The van der Waals surface area contributed by atoms with E-state index in [-0.39, 0.29) is 0 Å². The first-order valence-corrected chi connectivity index (χ1v) is 13.9. The summed E-state index contributed by atoms with van der Waals surface area (Å²) in [6, 6.07) is 45.0. The first-order chi connectivity index (χ1) is 17.7. The number of rotatable bonds is 7. The Morgan fingerprint density at radius 1 is 0.583 bits per heavy atom. The quantitative estimate of drug-likeness (QED) is 0.154. The molecule has 0 aliphatic heterocycles. The smallest absolute Gasteiger partial charge is 0.122 e. The Balaban J connectivity index is 1.87. The summed E-state index contributed by atoms with van der Waals surface area (Å²) in [5, 5.41) is 8.45. The lowest BCUT2D eigenvalue weighted by atomic mass is 10.1. The van der Waals surface area contributed by atoms with Crippen molar-refractivity contribution in [3.8, 4) is 0 Å². The molecule has 1 aromatic heterocycles. The molecule has 0 amide bonds. The average Bonchev–Trinajstić information content (AvgIpc) is 2.94. The number of anilines is 1. The van der Waals surface area contributed by atoms with Gasteiger partial charge in [0.05, 0.1) is 0 Å². The molecule has 2 nitrogen and oxygen atoms in total. The number of nitrogens with one attached hydrogen (secondary N) is 1. The van der Waals surface area contributed by atoms with E-state index in [2.05, 4.69) is 147 Å². The van der Waals surface area contributed by atoms with Gasteiger partial charge in [-0.3, -0.25) is 0 Å². The maximum Gasteiger partial charge on any atom is 0.122 e. The van der Waals surface area contributed by atoms with E-state index < -0.39 is 7.26 Å². The van der Waals surface area contributed by atoms with Gasteiger partial charge in [-0.1, -0.05) is 108 Å². The second-order valence-corrected chi connectivity index (χ2v) is 12.1. The predicted octanol–water partition coefficient (Wildman–Crippen LogP) is 6.91. The van der Waals surface area contributed by atoms with Crippen LogP contribution in [0.2, 0.25) is 0 Å². The SMILES string of the molecule is Cc1cccc(C)c1N[C-]=C(c1ccccn1)[P+](c1ccccc1)(c1ccccc1)c1ccccc1. The number of aromatic nitrogens is 1. The highest BCUT2D eigenvalue weighted by atomic mass is 31.2. The van der Waals surface area contributed by atoms with Gasteiger partial charge in [-0.05, 0) is 56.3 Å². The summed E-state index contributed by atoms with van der Waals surface area (Å²) in [7, 11) is -2.37. The van der Waals surface area contributed by atoms with Crippen molar-refractivity contribution in [2.75, 3.05) is 5.32 Å². The fourth-order valence-corrected chi connectivity index (χ4v) is 8.97. The van der Waals surface area contributed by atoms with E-state index in [0.29, 0.717) is 0 Å². The van der Waals surface area contributed by atoms with Gasteiger partial charge in [-0.15, -0.1) is 0 Å². The number of hydrogen-bond acceptors (Lipinski definition) is 2. The highest BCUT2D eigenvalue weighted by molar-refractivity contribution is 8.03. The van der Waals surface area contributed by atoms with Crippen molar-refractivity contribution < 1.29 is 0 Å². The second-order valence-electron chi connectivity index (χ2n) is 8.76. The van der Waals surface area contributed by atoms with Gasteiger partial charge in [0, 0.05) is 17.2 Å². The van der Waals surface area contributed by atoms with Gasteiger partial charge in [-0.25, -0.2) is 0 Å². The molecule has 176 valence electrons. The van der Waals surface area contributed by atoms with Crippen LogP contribution in [0.4, 0.5) is 5.69 Å². The van der Waals surface area contributed by atoms with Crippen molar-refractivity contribution in [2.24, 2.45) is 0 Å². The van der Waals surface area contributed by atoms with E-state index >= 15 is 0 Å². The Hall–Kier alpha value is -4.00. The molecule has 0 unspecified atom stereocenters. The minimum Gasteiger partial charge on any atom is -0.464 e. The van der Waals surface area contributed by atoms with E-state index in [1.54, 1.807) is 0 Å². The van der Waals surface area contributed by atoms with Crippen LogP contribution in [0.3, 0.4) is 0 Å². The van der Waals surface area contributed by atoms with Gasteiger partial charge in [0.15, 0.2) is 0 Å². The molecule has 0 bridgehead atoms. The molecule has 3 heteroatoms. The van der Waals surface area contributed by atoms with Gasteiger partial charge in [0.25, 0.3) is 0 Å². The van der Waals surface area contributed by atoms with Gasteiger partial charge >= 0.3 is 0 Å². The lowest BCUT2D eigenvalue weighted by Gasteiger charge is -2.33. The van der Waals surface area contributed by atoms with Crippen LogP contribution in [-0.2, 0) is 0 Å². The third-order valence-electron chi connectivity index (χ3n) is 6.46. The minimum absolute atomic E-state index is 0.918. The van der Waals surface area contributed by atoms with Crippen molar-refractivity contribution in [3.63, 3.8) is 0 Å². The van der Waals surface area contributed by atoms with E-state index in [9.17, 15) is 0 Å². The Kier molecular flexibility index (Phi) is 7.07. The summed E-state index contributed by atoms with van der Waals surface area (Å²) in [5.41, 5.74) is 4.37. The molecule has 5 aromatic rings. The summed E-state index contributed by atoms with van der Waals surface area (Å²) < 4.78 is 0. The van der Waals surface area contributed by atoms with Gasteiger partial charge < -0.3 is 10.3 Å². The van der Waals surface area contributed by atoms with Crippen molar-refractivity contribution in [3.05, 3.63) is 157 Å². The zero-order chi connectivity index (χ0) is 24.8. The molecular weight excluding hydrogens is 455 g/mol. The highest BCUT2D eigenvalue weighted by Crippen LogP contribution is 2.65. The average molecular weight is 485 g/mol. The maximum atomic E-state index is 4.87. The van der Waals surface area contributed by atoms with Gasteiger partial charge in [0.1, 0.15) is 23.2 Å². The molecule has 0 saturated heterocycles. The van der Waals surface area contributed by atoms with Crippen molar-refractivity contribution in [2.45, 2.75) is 13.8 Å². The van der Waals surface area contributed by atoms with Crippen LogP contribution in [-0.4, -0.2) is 4.98 Å². The first kappa shape index (κ1) is 23.7. The molecule has 0 aliphatic rings. The Morgan fingerprint density at radius 3 is 1.50 bits per heavy atom. The first-order valence-electron chi connectivity index (χ1n) is 12.1. The number of aryl methyl sites for hydroxylation is 2. The van der Waals surface area contributed by atoms with Crippen LogP contribution in [0, 0.1) is 20.0 Å². The van der Waals surface area contributed by atoms with E-state index in [1.165, 1.54) is 27.0 Å². The van der Waals surface area contributed by atoms with Crippen molar-refractivity contribution >= 4 is 34.2 Å². The zero-order valence-electron chi connectivity index (χ0n) is 20.6. The standard InChI is InChI=1S/C33H29N2P/c1-26-15-14-16-27(2)33(26)35-25-32(31-23-12-13-24-34-31)36(28-17-6-3-7-18-28,29-19-8-4-9-20-29)30-21-10-5-11-22-30/h3-24,35H,1-2H3. The van der Waals surface area contributed by atoms with E-state index in [4.69, 9.17) is 4.98 Å². The molecule has 1 N–H and O–H groups in total. The number of para-hydroxylation sites is 1. The summed E-state index contributed by atoms with van der Waals surface area (Å²) >= 11 is 0. The molecule has 0 fully saturated rings. The molecule has 36 heavy (non-hydrogen) atoms. The van der Waals surface area contributed by atoms with Crippen LogP contribution in [0.1, 0.15) is 16.8 Å². The Labute approximate surface area is 214 Å². The molecule has 0 spiro atoms. The number of nitrogens with zero attached hydrogens (tertiary/aromatic N) is 1. The molecule has 0 atom stereocenters. The van der Waals surface area contributed by atoms with Crippen LogP contribution >= 0.6 is 7.26 Å². The summed E-state index contributed by atoms with van der Waals surface area (Å²) in [6.45, 7) is 4.26. The molecule has 4 aromatic carbocycles. The molecule has 5 rings (SSSR count). The molecule has 1 heterocycles. The van der Waals surface area contributed by atoms with Gasteiger partial charge in [0.2, 0.25) is 0 Å².